The van der Waals surface area contributed by atoms with E-state index in [9.17, 15) is 22.9 Å². The zero-order chi connectivity index (χ0) is 16.2. The summed E-state index contributed by atoms with van der Waals surface area (Å²) in [5.74, 6) is -0.702. The summed E-state index contributed by atoms with van der Waals surface area (Å²) in [5, 5.41) is 11.7. The first kappa shape index (κ1) is 15.8. The van der Waals surface area contributed by atoms with E-state index in [0.29, 0.717) is 11.1 Å². The molecular formula is C15H12FNO4S. The first-order chi connectivity index (χ1) is 10.4. The van der Waals surface area contributed by atoms with Gasteiger partial charge in [-0.25, -0.2) is 12.8 Å². The van der Waals surface area contributed by atoms with Crippen LogP contribution in [0.15, 0.2) is 53.9 Å². The zero-order valence-electron chi connectivity index (χ0n) is 11.3. The summed E-state index contributed by atoms with van der Waals surface area (Å²) < 4.78 is 36.7. The number of hydrogen-bond acceptors (Lipinski definition) is 4. The third-order valence-corrected chi connectivity index (χ3v) is 4.12. The molecule has 0 heterocycles. The van der Waals surface area contributed by atoms with E-state index < -0.39 is 20.6 Å². The van der Waals surface area contributed by atoms with Crippen molar-refractivity contribution in [1.29, 1.82) is 0 Å². The second-order valence-electron chi connectivity index (χ2n) is 4.59. The fourth-order valence-corrected chi connectivity index (χ4v) is 2.90. The van der Waals surface area contributed by atoms with Gasteiger partial charge in [0.1, 0.15) is 5.82 Å². The van der Waals surface area contributed by atoms with Crippen molar-refractivity contribution >= 4 is 21.6 Å². The highest BCUT2D eigenvalue weighted by molar-refractivity contribution is 7.93. The summed E-state index contributed by atoms with van der Waals surface area (Å²) in [4.78, 5) is 10.1. The molecule has 0 amide bonds. The number of nitrogens with zero attached hydrogens (tertiary/aromatic N) is 1. The molecule has 0 bridgehead atoms. The Balaban J connectivity index is 2.15. The predicted molar refractivity (Wildman–Crippen MR) is 81.2 cm³/mol. The lowest BCUT2D eigenvalue weighted by atomic mass is 10.2. The number of rotatable bonds is 5. The van der Waals surface area contributed by atoms with Crippen LogP contribution in [0.5, 0.6) is 0 Å². The van der Waals surface area contributed by atoms with E-state index in [4.69, 9.17) is 0 Å². The molecule has 0 spiro atoms. The minimum atomic E-state index is -3.55. The first-order valence-corrected chi connectivity index (χ1v) is 7.97. The van der Waals surface area contributed by atoms with Gasteiger partial charge < -0.3 is 0 Å². The van der Waals surface area contributed by atoms with Gasteiger partial charge in [0.15, 0.2) is 9.84 Å². The summed E-state index contributed by atoms with van der Waals surface area (Å²) in [6.07, 6.45) is 1.30. The maximum atomic E-state index is 12.8. The van der Waals surface area contributed by atoms with Gasteiger partial charge in [0, 0.05) is 17.5 Å². The number of nitro groups is 1. The molecule has 2 aromatic rings. The summed E-state index contributed by atoms with van der Waals surface area (Å²) in [5.41, 5.74) is 0.764. The van der Waals surface area contributed by atoms with E-state index in [2.05, 4.69) is 0 Å². The molecule has 7 heteroatoms. The maximum absolute atomic E-state index is 12.8. The highest BCUT2D eigenvalue weighted by atomic mass is 32.2. The molecule has 2 aromatic carbocycles. The summed E-state index contributed by atoms with van der Waals surface area (Å²) in [6, 6.07) is 10.8. The van der Waals surface area contributed by atoms with Crippen LogP contribution in [0.3, 0.4) is 0 Å². The minimum Gasteiger partial charge on any atom is -0.258 e. The van der Waals surface area contributed by atoms with Crippen molar-refractivity contribution < 1.29 is 17.7 Å². The molecule has 2 rings (SSSR count). The number of sulfone groups is 1. The number of benzene rings is 2. The summed E-state index contributed by atoms with van der Waals surface area (Å²) in [7, 11) is -3.55. The highest BCUT2D eigenvalue weighted by Crippen LogP contribution is 2.16. The topological polar surface area (TPSA) is 77.3 Å². The van der Waals surface area contributed by atoms with Gasteiger partial charge in [-0.1, -0.05) is 24.3 Å². The fourth-order valence-electron chi connectivity index (χ4n) is 1.79. The second-order valence-corrected chi connectivity index (χ2v) is 6.48. The summed E-state index contributed by atoms with van der Waals surface area (Å²) >= 11 is 0. The Morgan fingerprint density at radius 2 is 1.82 bits per heavy atom. The van der Waals surface area contributed by atoms with Crippen molar-refractivity contribution in [3.8, 4) is 0 Å². The molecule has 0 atom stereocenters. The second kappa shape index (κ2) is 6.48. The molecule has 0 saturated carbocycles. The van der Waals surface area contributed by atoms with Crippen LogP contribution < -0.4 is 0 Å². The molecule has 0 aliphatic rings. The standard InChI is InChI=1S/C15H12FNO4S/c16-14-6-4-13(5-7-14)11-22(20,21)9-8-12-2-1-3-15(10-12)17(18)19/h1-10H,11H2. The van der Waals surface area contributed by atoms with Crippen LogP contribution in [0.1, 0.15) is 11.1 Å². The van der Waals surface area contributed by atoms with Gasteiger partial charge in [-0.2, -0.15) is 0 Å². The van der Waals surface area contributed by atoms with Gasteiger partial charge in [0.25, 0.3) is 5.69 Å². The highest BCUT2D eigenvalue weighted by Gasteiger charge is 2.09. The molecule has 0 aromatic heterocycles. The Bertz CT molecular complexity index is 814. The Morgan fingerprint density at radius 1 is 1.14 bits per heavy atom. The van der Waals surface area contributed by atoms with E-state index >= 15 is 0 Å². The van der Waals surface area contributed by atoms with E-state index in [1.54, 1.807) is 6.07 Å². The predicted octanol–water partition coefficient (Wildman–Crippen LogP) is 3.32. The van der Waals surface area contributed by atoms with Gasteiger partial charge in [-0.3, -0.25) is 10.1 Å². The van der Waals surface area contributed by atoms with Crippen LogP contribution in [0.2, 0.25) is 0 Å². The smallest absolute Gasteiger partial charge is 0.258 e. The normalized spacial score (nSPS) is 11.7. The zero-order valence-corrected chi connectivity index (χ0v) is 12.2. The lowest BCUT2D eigenvalue weighted by molar-refractivity contribution is -0.384. The number of nitro benzene ring substituents is 1. The number of non-ortho nitro benzene ring substituents is 1. The molecular weight excluding hydrogens is 309 g/mol. The Hall–Kier alpha value is -2.54. The lowest BCUT2D eigenvalue weighted by Gasteiger charge is -2.00. The fraction of sp³-hybridized carbons (Fsp3) is 0.0667. The van der Waals surface area contributed by atoms with Crippen molar-refractivity contribution in [2.45, 2.75) is 5.75 Å². The van der Waals surface area contributed by atoms with Crippen LogP contribution in [-0.2, 0) is 15.6 Å². The van der Waals surface area contributed by atoms with Crippen molar-refractivity contribution in [2.75, 3.05) is 0 Å². The van der Waals surface area contributed by atoms with Gasteiger partial charge >= 0.3 is 0 Å². The maximum Gasteiger partial charge on any atom is 0.270 e. The van der Waals surface area contributed by atoms with Crippen LogP contribution >= 0.6 is 0 Å². The van der Waals surface area contributed by atoms with Crippen molar-refractivity contribution in [3.63, 3.8) is 0 Å². The van der Waals surface area contributed by atoms with Crippen molar-refractivity contribution in [1.82, 2.24) is 0 Å². The largest absolute Gasteiger partial charge is 0.270 e. The third kappa shape index (κ3) is 4.49. The third-order valence-electron chi connectivity index (χ3n) is 2.83. The van der Waals surface area contributed by atoms with Gasteiger partial charge in [-0.05, 0) is 29.3 Å². The average Bonchev–Trinajstić information content (AvgIpc) is 2.48. The Labute approximate surface area is 126 Å². The van der Waals surface area contributed by atoms with Gasteiger partial charge in [0.2, 0.25) is 0 Å². The van der Waals surface area contributed by atoms with Crippen molar-refractivity contribution in [3.05, 3.63) is 81.0 Å². The van der Waals surface area contributed by atoms with Gasteiger partial charge in [-0.15, -0.1) is 0 Å². The average molecular weight is 321 g/mol. The lowest BCUT2D eigenvalue weighted by Crippen LogP contribution is -2.00. The molecule has 0 saturated heterocycles. The van der Waals surface area contributed by atoms with Crippen LogP contribution in [0.25, 0.3) is 6.08 Å². The van der Waals surface area contributed by atoms with E-state index in [-0.39, 0.29) is 11.4 Å². The van der Waals surface area contributed by atoms with E-state index in [0.717, 1.165) is 5.41 Å². The van der Waals surface area contributed by atoms with Gasteiger partial charge in [0.05, 0.1) is 10.7 Å². The molecule has 0 aliphatic carbocycles. The molecule has 0 aliphatic heterocycles. The monoisotopic (exact) mass is 321 g/mol. The van der Waals surface area contributed by atoms with Crippen LogP contribution in [0, 0.1) is 15.9 Å². The molecule has 0 unspecified atom stereocenters. The SMILES string of the molecule is O=[N+]([O-])c1cccc(C=CS(=O)(=O)Cc2ccc(F)cc2)c1. The Morgan fingerprint density at radius 3 is 2.45 bits per heavy atom. The molecule has 0 fully saturated rings. The summed E-state index contributed by atoms with van der Waals surface area (Å²) in [6.45, 7) is 0. The number of halogens is 1. The minimum absolute atomic E-state index is 0.113. The first-order valence-electron chi connectivity index (χ1n) is 6.25. The van der Waals surface area contributed by atoms with E-state index in [1.807, 2.05) is 0 Å². The molecule has 22 heavy (non-hydrogen) atoms. The molecule has 0 N–H and O–H groups in total. The molecule has 114 valence electrons. The number of hydrogen-bond donors (Lipinski definition) is 0. The van der Waals surface area contributed by atoms with Crippen LogP contribution in [-0.4, -0.2) is 13.3 Å². The van der Waals surface area contributed by atoms with Crippen molar-refractivity contribution in [2.24, 2.45) is 0 Å². The Kier molecular flexibility index (Phi) is 4.67. The van der Waals surface area contributed by atoms with Crippen LogP contribution in [0.4, 0.5) is 10.1 Å². The molecule has 0 radical (unpaired) electrons. The molecule has 5 nitrogen and oxygen atoms in total. The quantitative estimate of drug-likeness (QED) is 0.625. The van der Waals surface area contributed by atoms with E-state index in [1.165, 1.54) is 48.5 Å².